The van der Waals surface area contributed by atoms with Crippen LogP contribution in [0.1, 0.15) is 15.9 Å². The highest BCUT2D eigenvalue weighted by Crippen LogP contribution is 2.24. The minimum Gasteiger partial charge on any atom is -0.507 e. The van der Waals surface area contributed by atoms with Crippen molar-refractivity contribution in [1.29, 1.82) is 0 Å². The molecule has 2 aromatic rings. The fourth-order valence-corrected chi connectivity index (χ4v) is 2.11. The standard InChI is InChI=1S/C16H15F2NO3/c17-12-8-13(18)15(14(21)9-12)16(22)19(6-7-20)10-11-4-2-1-3-5-11/h1-5,8-9,20-21H,6-7,10H2. The average molecular weight is 307 g/mol. The third-order valence-electron chi connectivity index (χ3n) is 3.12. The van der Waals surface area contributed by atoms with Crippen molar-refractivity contribution in [1.82, 2.24) is 4.90 Å². The highest BCUT2D eigenvalue weighted by Gasteiger charge is 2.23. The number of aliphatic hydroxyl groups excluding tert-OH is 1. The topological polar surface area (TPSA) is 60.8 Å². The lowest BCUT2D eigenvalue weighted by Gasteiger charge is -2.22. The maximum absolute atomic E-state index is 13.8. The molecule has 2 aromatic carbocycles. The van der Waals surface area contributed by atoms with E-state index in [9.17, 15) is 18.7 Å². The van der Waals surface area contributed by atoms with Crippen molar-refractivity contribution >= 4 is 5.91 Å². The number of rotatable bonds is 5. The summed E-state index contributed by atoms with van der Waals surface area (Å²) in [6.07, 6.45) is 0. The van der Waals surface area contributed by atoms with Crippen molar-refractivity contribution < 1.29 is 23.8 Å². The minimum absolute atomic E-state index is 0.0377. The van der Waals surface area contributed by atoms with Gasteiger partial charge in [0, 0.05) is 25.2 Å². The van der Waals surface area contributed by atoms with Gasteiger partial charge in [-0.2, -0.15) is 0 Å². The first-order valence-electron chi connectivity index (χ1n) is 6.65. The van der Waals surface area contributed by atoms with Gasteiger partial charge in [-0.1, -0.05) is 30.3 Å². The molecule has 6 heteroatoms. The van der Waals surface area contributed by atoms with E-state index in [1.807, 2.05) is 6.07 Å². The van der Waals surface area contributed by atoms with Crippen LogP contribution in [0.3, 0.4) is 0 Å². The Balaban J connectivity index is 2.31. The van der Waals surface area contributed by atoms with Crippen LogP contribution in [0.25, 0.3) is 0 Å². The Bertz CT molecular complexity index is 639. The highest BCUT2D eigenvalue weighted by molar-refractivity contribution is 5.97. The number of nitrogens with zero attached hydrogens (tertiary/aromatic N) is 1. The summed E-state index contributed by atoms with van der Waals surface area (Å²) in [6.45, 7) is -0.220. The quantitative estimate of drug-likeness (QED) is 0.891. The number of aromatic hydroxyl groups is 1. The second kappa shape index (κ2) is 7.00. The van der Waals surface area contributed by atoms with Gasteiger partial charge < -0.3 is 15.1 Å². The van der Waals surface area contributed by atoms with E-state index >= 15 is 0 Å². The third kappa shape index (κ3) is 3.59. The van der Waals surface area contributed by atoms with Gasteiger partial charge in [-0.25, -0.2) is 8.78 Å². The van der Waals surface area contributed by atoms with Crippen molar-refractivity contribution in [3.05, 3.63) is 65.2 Å². The number of carbonyl (C=O) groups is 1. The summed E-state index contributed by atoms with van der Waals surface area (Å²) >= 11 is 0. The van der Waals surface area contributed by atoms with E-state index in [2.05, 4.69) is 0 Å². The van der Waals surface area contributed by atoms with Crippen molar-refractivity contribution in [2.75, 3.05) is 13.2 Å². The van der Waals surface area contributed by atoms with Crippen LogP contribution in [-0.2, 0) is 6.54 Å². The average Bonchev–Trinajstić information content (AvgIpc) is 2.46. The van der Waals surface area contributed by atoms with Gasteiger partial charge in [-0.3, -0.25) is 4.79 Å². The normalized spacial score (nSPS) is 10.5. The van der Waals surface area contributed by atoms with Crippen LogP contribution in [0.4, 0.5) is 8.78 Å². The zero-order chi connectivity index (χ0) is 16.1. The Labute approximate surface area is 126 Å². The van der Waals surface area contributed by atoms with Gasteiger partial charge in [-0.05, 0) is 5.56 Å². The molecule has 2 rings (SSSR count). The highest BCUT2D eigenvalue weighted by atomic mass is 19.1. The summed E-state index contributed by atoms with van der Waals surface area (Å²) < 4.78 is 26.8. The molecule has 0 fully saturated rings. The predicted molar refractivity (Wildman–Crippen MR) is 76.3 cm³/mol. The number of carbonyl (C=O) groups excluding carboxylic acids is 1. The molecule has 0 unspecified atom stereocenters. The van der Waals surface area contributed by atoms with E-state index in [0.29, 0.717) is 12.1 Å². The van der Waals surface area contributed by atoms with Crippen LogP contribution in [0, 0.1) is 11.6 Å². The Morgan fingerprint density at radius 2 is 1.82 bits per heavy atom. The van der Waals surface area contributed by atoms with Crippen LogP contribution in [0.2, 0.25) is 0 Å². The second-order valence-corrected chi connectivity index (χ2v) is 4.72. The molecule has 0 atom stereocenters. The van der Waals surface area contributed by atoms with Crippen LogP contribution in [0.15, 0.2) is 42.5 Å². The fourth-order valence-electron chi connectivity index (χ4n) is 2.11. The molecule has 0 aliphatic carbocycles. The summed E-state index contributed by atoms with van der Waals surface area (Å²) in [7, 11) is 0. The van der Waals surface area contributed by atoms with E-state index in [0.717, 1.165) is 5.56 Å². The molecule has 0 saturated carbocycles. The molecule has 116 valence electrons. The van der Waals surface area contributed by atoms with Crippen molar-refractivity contribution in [2.45, 2.75) is 6.54 Å². The van der Waals surface area contributed by atoms with E-state index in [1.165, 1.54) is 4.90 Å². The summed E-state index contributed by atoms with van der Waals surface area (Å²) in [5.74, 6) is -3.69. The maximum Gasteiger partial charge on any atom is 0.260 e. The van der Waals surface area contributed by atoms with Gasteiger partial charge in [-0.15, -0.1) is 0 Å². The van der Waals surface area contributed by atoms with Crippen molar-refractivity contribution in [2.24, 2.45) is 0 Å². The Morgan fingerprint density at radius 3 is 2.41 bits per heavy atom. The molecule has 0 spiro atoms. The second-order valence-electron chi connectivity index (χ2n) is 4.72. The minimum atomic E-state index is -1.14. The largest absolute Gasteiger partial charge is 0.507 e. The molecule has 0 bridgehead atoms. The van der Waals surface area contributed by atoms with Gasteiger partial charge in [0.25, 0.3) is 5.91 Å². The molecular weight excluding hydrogens is 292 g/mol. The number of benzene rings is 2. The molecule has 22 heavy (non-hydrogen) atoms. The van der Waals surface area contributed by atoms with Gasteiger partial charge in [0.2, 0.25) is 0 Å². The first kappa shape index (κ1) is 15.9. The van der Waals surface area contributed by atoms with Crippen LogP contribution in [0.5, 0.6) is 5.75 Å². The first-order chi connectivity index (χ1) is 10.5. The zero-order valence-corrected chi connectivity index (χ0v) is 11.7. The number of hydrogen-bond acceptors (Lipinski definition) is 3. The number of phenolic OH excluding ortho intramolecular Hbond substituents is 1. The number of amides is 1. The van der Waals surface area contributed by atoms with Gasteiger partial charge in [0.05, 0.1) is 6.61 Å². The van der Waals surface area contributed by atoms with E-state index in [1.54, 1.807) is 24.3 Å². The zero-order valence-electron chi connectivity index (χ0n) is 11.7. The SMILES string of the molecule is O=C(c1c(O)cc(F)cc1F)N(CCO)Cc1ccccc1. The van der Waals surface area contributed by atoms with E-state index in [4.69, 9.17) is 5.11 Å². The molecule has 2 N–H and O–H groups in total. The molecule has 0 heterocycles. The number of aliphatic hydroxyl groups is 1. The Hall–Kier alpha value is -2.47. The summed E-state index contributed by atoms with van der Waals surface area (Å²) in [6, 6.07) is 10.1. The lowest BCUT2D eigenvalue weighted by atomic mass is 10.1. The van der Waals surface area contributed by atoms with Gasteiger partial charge in [0.1, 0.15) is 22.9 Å². The first-order valence-corrected chi connectivity index (χ1v) is 6.65. The van der Waals surface area contributed by atoms with Crippen molar-refractivity contribution in [3.8, 4) is 5.75 Å². The number of hydrogen-bond donors (Lipinski definition) is 2. The maximum atomic E-state index is 13.8. The van der Waals surface area contributed by atoms with Gasteiger partial charge >= 0.3 is 0 Å². The lowest BCUT2D eigenvalue weighted by molar-refractivity contribution is 0.0699. The fraction of sp³-hybridized carbons (Fsp3) is 0.188. The number of halogens is 2. The molecule has 1 amide bonds. The van der Waals surface area contributed by atoms with Crippen LogP contribution in [-0.4, -0.2) is 34.2 Å². The predicted octanol–water partition coefficient (Wildman–Crippen LogP) is 2.31. The monoisotopic (exact) mass is 307 g/mol. The third-order valence-corrected chi connectivity index (χ3v) is 3.12. The lowest BCUT2D eigenvalue weighted by Crippen LogP contribution is -2.33. The summed E-state index contributed by atoms with van der Waals surface area (Å²) in [4.78, 5) is 13.6. The molecule has 4 nitrogen and oxygen atoms in total. The Kier molecular flexibility index (Phi) is 5.06. The van der Waals surface area contributed by atoms with Crippen molar-refractivity contribution in [3.63, 3.8) is 0 Å². The van der Waals surface area contributed by atoms with Crippen LogP contribution < -0.4 is 0 Å². The Morgan fingerprint density at radius 1 is 1.14 bits per heavy atom. The molecule has 0 radical (unpaired) electrons. The summed E-state index contributed by atoms with van der Waals surface area (Å²) in [5.41, 5.74) is 0.178. The number of phenols is 1. The molecular formula is C16H15F2NO3. The molecule has 0 saturated heterocycles. The van der Waals surface area contributed by atoms with Crippen LogP contribution >= 0.6 is 0 Å². The van der Waals surface area contributed by atoms with E-state index in [-0.39, 0.29) is 19.7 Å². The van der Waals surface area contributed by atoms with Gasteiger partial charge in [0.15, 0.2) is 0 Å². The smallest absolute Gasteiger partial charge is 0.260 e. The molecule has 0 aliphatic heterocycles. The molecule has 0 aliphatic rings. The van der Waals surface area contributed by atoms with E-state index < -0.39 is 28.9 Å². The summed E-state index contributed by atoms with van der Waals surface area (Å²) in [5, 5.41) is 18.7. The molecule has 0 aromatic heterocycles.